The Hall–Kier alpha value is -4.55. The molecule has 1 saturated heterocycles. The number of hydrogen-bond acceptors (Lipinski definition) is 7. The summed E-state index contributed by atoms with van der Waals surface area (Å²) in [6.07, 6.45) is 4.22. The number of fused-ring (bicyclic) bond motifs is 1. The molecule has 1 aliphatic rings. The SMILES string of the molecule is C[C@@H](O)CN1CCC(c2c(-c3ccc4nc(NC(=O)c5ccnc(F)c5)cn4n3)c(-c3ccc(F)cc3)nn2C)CC1. The van der Waals surface area contributed by atoms with Gasteiger partial charge in [-0.05, 0) is 75.3 Å². The summed E-state index contributed by atoms with van der Waals surface area (Å²) >= 11 is 0. The molecule has 1 aliphatic heterocycles. The highest BCUT2D eigenvalue weighted by atomic mass is 19.1. The monoisotopic (exact) mass is 572 g/mol. The Labute approximate surface area is 240 Å². The number of pyridine rings is 1. The normalized spacial score (nSPS) is 15.3. The van der Waals surface area contributed by atoms with E-state index in [1.165, 1.54) is 24.4 Å². The highest BCUT2D eigenvalue weighted by Gasteiger charge is 2.30. The molecule has 12 heteroatoms. The predicted octanol–water partition coefficient (Wildman–Crippen LogP) is 4.28. The number of aryl methyl sites for hydroxylation is 1. The number of halogens is 2. The molecule has 10 nitrogen and oxygen atoms in total. The van der Waals surface area contributed by atoms with E-state index in [4.69, 9.17) is 10.2 Å². The van der Waals surface area contributed by atoms with E-state index in [2.05, 4.69) is 20.2 Å². The number of rotatable bonds is 7. The fourth-order valence-corrected chi connectivity index (χ4v) is 5.64. The van der Waals surface area contributed by atoms with Crippen molar-refractivity contribution in [2.75, 3.05) is 25.0 Å². The summed E-state index contributed by atoms with van der Waals surface area (Å²) in [5, 5.41) is 22.2. The topological polar surface area (TPSA) is 113 Å². The highest BCUT2D eigenvalue weighted by molar-refractivity contribution is 6.03. The fourth-order valence-electron chi connectivity index (χ4n) is 5.64. The Bertz CT molecular complexity index is 1740. The third-order valence-corrected chi connectivity index (χ3v) is 7.51. The van der Waals surface area contributed by atoms with Gasteiger partial charge in [-0.2, -0.15) is 14.6 Å². The molecule has 4 aromatic heterocycles. The molecule has 1 amide bonds. The molecule has 0 bridgehead atoms. The van der Waals surface area contributed by atoms with Crippen LogP contribution in [0.25, 0.3) is 28.2 Å². The number of aromatic nitrogens is 6. The van der Waals surface area contributed by atoms with E-state index in [0.29, 0.717) is 23.6 Å². The van der Waals surface area contributed by atoms with E-state index >= 15 is 0 Å². The Balaban J connectivity index is 1.37. The van der Waals surface area contributed by atoms with Crippen LogP contribution in [0.3, 0.4) is 0 Å². The molecule has 1 fully saturated rings. The first-order valence-electron chi connectivity index (χ1n) is 13.8. The summed E-state index contributed by atoms with van der Waals surface area (Å²) in [6.45, 7) is 4.14. The summed E-state index contributed by atoms with van der Waals surface area (Å²) in [7, 11) is 1.92. The van der Waals surface area contributed by atoms with Gasteiger partial charge in [0, 0.05) is 42.9 Å². The van der Waals surface area contributed by atoms with E-state index in [1.807, 2.05) is 17.8 Å². The lowest BCUT2D eigenvalue weighted by molar-refractivity contribution is 0.102. The number of imidazole rings is 1. The van der Waals surface area contributed by atoms with Crippen molar-refractivity contribution in [2.45, 2.75) is 31.8 Å². The summed E-state index contributed by atoms with van der Waals surface area (Å²) in [5.41, 5.74) is 4.64. The van der Waals surface area contributed by atoms with Gasteiger partial charge in [0.05, 0.1) is 29.3 Å². The number of piperidine rings is 1. The van der Waals surface area contributed by atoms with Gasteiger partial charge in [-0.25, -0.2) is 18.9 Å². The van der Waals surface area contributed by atoms with Crippen LogP contribution < -0.4 is 5.32 Å². The van der Waals surface area contributed by atoms with Crippen molar-refractivity contribution < 1.29 is 18.7 Å². The zero-order valence-electron chi connectivity index (χ0n) is 23.2. The third-order valence-electron chi connectivity index (χ3n) is 7.51. The van der Waals surface area contributed by atoms with Crippen LogP contribution in [0.4, 0.5) is 14.6 Å². The van der Waals surface area contributed by atoms with Crippen LogP contribution in [-0.2, 0) is 7.05 Å². The van der Waals surface area contributed by atoms with Crippen molar-refractivity contribution >= 4 is 17.4 Å². The zero-order valence-corrected chi connectivity index (χ0v) is 23.2. The summed E-state index contributed by atoms with van der Waals surface area (Å²) in [6, 6.07) is 12.4. The maximum absolute atomic E-state index is 13.8. The third kappa shape index (κ3) is 5.63. The van der Waals surface area contributed by atoms with Crippen LogP contribution in [0.15, 0.2) is 60.9 Å². The van der Waals surface area contributed by atoms with Crippen molar-refractivity contribution in [3.8, 4) is 22.5 Å². The van der Waals surface area contributed by atoms with E-state index in [-0.39, 0.29) is 29.2 Å². The molecule has 0 aliphatic carbocycles. The minimum atomic E-state index is -0.748. The number of carbonyl (C=O) groups is 1. The highest BCUT2D eigenvalue weighted by Crippen LogP contribution is 2.40. The second kappa shape index (κ2) is 11.4. The van der Waals surface area contributed by atoms with Crippen LogP contribution in [0, 0.1) is 11.8 Å². The first-order chi connectivity index (χ1) is 20.2. The van der Waals surface area contributed by atoms with E-state index in [0.717, 1.165) is 48.8 Å². The molecule has 1 atom stereocenters. The molecular formula is C30H30F2N8O2. The first-order valence-corrected chi connectivity index (χ1v) is 13.8. The molecule has 6 rings (SSSR count). The van der Waals surface area contributed by atoms with Gasteiger partial charge in [0.15, 0.2) is 11.5 Å². The van der Waals surface area contributed by atoms with Gasteiger partial charge in [0.25, 0.3) is 5.91 Å². The van der Waals surface area contributed by atoms with Crippen LogP contribution in [0.2, 0.25) is 0 Å². The number of likely N-dealkylation sites (tertiary alicyclic amines) is 1. The minimum Gasteiger partial charge on any atom is -0.392 e. The van der Waals surface area contributed by atoms with Gasteiger partial charge in [-0.15, -0.1) is 0 Å². The number of aliphatic hydroxyl groups is 1. The molecule has 0 unspecified atom stereocenters. The van der Waals surface area contributed by atoms with Crippen LogP contribution in [0.5, 0.6) is 0 Å². The lowest BCUT2D eigenvalue weighted by Gasteiger charge is -2.33. The number of amides is 1. The average Bonchev–Trinajstić information content (AvgIpc) is 3.53. The number of benzene rings is 1. The van der Waals surface area contributed by atoms with Crippen molar-refractivity contribution in [1.29, 1.82) is 0 Å². The molecular weight excluding hydrogens is 542 g/mol. The molecule has 1 aromatic carbocycles. The second-order valence-corrected chi connectivity index (χ2v) is 10.6. The number of nitrogens with zero attached hydrogens (tertiary/aromatic N) is 7. The van der Waals surface area contributed by atoms with Gasteiger partial charge in [0.2, 0.25) is 5.95 Å². The minimum absolute atomic E-state index is 0.122. The predicted molar refractivity (Wildman–Crippen MR) is 153 cm³/mol. The molecule has 0 radical (unpaired) electrons. The van der Waals surface area contributed by atoms with E-state index < -0.39 is 11.9 Å². The molecule has 216 valence electrons. The zero-order chi connectivity index (χ0) is 29.4. The number of carbonyl (C=O) groups excluding carboxylic acids is 1. The summed E-state index contributed by atoms with van der Waals surface area (Å²) < 4.78 is 30.8. The Morgan fingerprint density at radius 2 is 1.86 bits per heavy atom. The van der Waals surface area contributed by atoms with Crippen LogP contribution in [-0.4, -0.2) is 71.0 Å². The van der Waals surface area contributed by atoms with Crippen molar-refractivity contribution in [3.63, 3.8) is 0 Å². The number of hydrogen-bond donors (Lipinski definition) is 2. The Morgan fingerprint density at radius 1 is 1.10 bits per heavy atom. The second-order valence-electron chi connectivity index (χ2n) is 10.6. The van der Waals surface area contributed by atoms with Crippen molar-refractivity contribution in [1.82, 2.24) is 34.3 Å². The number of anilines is 1. The van der Waals surface area contributed by atoms with Gasteiger partial charge in [0.1, 0.15) is 11.5 Å². The molecule has 5 heterocycles. The number of nitrogens with one attached hydrogen (secondary N) is 1. The quantitative estimate of drug-likeness (QED) is 0.280. The lowest BCUT2D eigenvalue weighted by atomic mass is 9.88. The molecule has 0 spiro atoms. The molecule has 42 heavy (non-hydrogen) atoms. The smallest absolute Gasteiger partial charge is 0.257 e. The maximum atomic E-state index is 13.8. The number of aliphatic hydroxyl groups excluding tert-OH is 1. The Kier molecular flexibility index (Phi) is 7.48. The largest absolute Gasteiger partial charge is 0.392 e. The molecule has 5 aromatic rings. The fraction of sp³-hybridized carbons (Fsp3) is 0.300. The maximum Gasteiger partial charge on any atom is 0.257 e. The van der Waals surface area contributed by atoms with Crippen LogP contribution in [0.1, 0.15) is 41.7 Å². The molecule has 0 saturated carbocycles. The van der Waals surface area contributed by atoms with Gasteiger partial charge >= 0.3 is 0 Å². The van der Waals surface area contributed by atoms with Gasteiger partial charge < -0.3 is 15.3 Å². The lowest BCUT2D eigenvalue weighted by Crippen LogP contribution is -2.37. The van der Waals surface area contributed by atoms with Crippen molar-refractivity contribution in [3.05, 3.63) is 83.9 Å². The van der Waals surface area contributed by atoms with Crippen molar-refractivity contribution in [2.24, 2.45) is 7.05 Å². The van der Waals surface area contributed by atoms with Crippen LogP contribution >= 0.6 is 0 Å². The average molecular weight is 573 g/mol. The van der Waals surface area contributed by atoms with E-state index in [9.17, 15) is 18.7 Å². The Morgan fingerprint density at radius 3 is 2.57 bits per heavy atom. The number of β-amino-alcohol motifs (C(OH)–C–C–N with tert-alkyl or cyclic N) is 1. The first kappa shape index (κ1) is 27.6. The summed E-state index contributed by atoms with van der Waals surface area (Å²) in [4.78, 5) is 22.8. The van der Waals surface area contributed by atoms with Gasteiger partial charge in [-0.1, -0.05) is 0 Å². The molecule has 2 N–H and O–H groups in total. The summed E-state index contributed by atoms with van der Waals surface area (Å²) in [5.74, 6) is -1.13. The van der Waals surface area contributed by atoms with Gasteiger partial charge in [-0.3, -0.25) is 9.48 Å². The standard InChI is InChI=1S/C30H30F2N8O2/c1-18(41)16-39-13-10-20(11-14-39)29-27(28(37-38(29)2)19-3-5-22(31)6-4-19)23-7-8-26-34-25(17-40(26)36-23)35-30(42)21-9-12-33-24(32)15-21/h3-9,12,15,17-18,20,41H,10-11,13-14,16H2,1-2H3,(H,35,42)/t18-/m1/s1. The van der Waals surface area contributed by atoms with E-state index in [1.54, 1.807) is 35.8 Å².